The van der Waals surface area contributed by atoms with Crippen LogP contribution in [0.4, 0.5) is 17.6 Å². The second kappa shape index (κ2) is 5.57. The van der Waals surface area contributed by atoms with Gasteiger partial charge >= 0.3 is 0 Å². The molecule has 0 fully saturated rings. The van der Waals surface area contributed by atoms with Gasteiger partial charge in [-0.25, -0.2) is 13.2 Å². The summed E-state index contributed by atoms with van der Waals surface area (Å²) in [6, 6.07) is 5.63. The SMILES string of the molecule is N#Cc1ccc(COc2nc(F)c(F)cc2F)c(F)c1. The minimum Gasteiger partial charge on any atom is -0.471 e. The van der Waals surface area contributed by atoms with Crippen LogP contribution in [-0.4, -0.2) is 4.98 Å². The molecule has 3 nitrogen and oxygen atoms in total. The van der Waals surface area contributed by atoms with Gasteiger partial charge in [0.25, 0.3) is 11.8 Å². The third-order valence-corrected chi connectivity index (χ3v) is 2.40. The van der Waals surface area contributed by atoms with Gasteiger partial charge in [0.1, 0.15) is 12.4 Å². The second-order valence-corrected chi connectivity index (χ2v) is 3.75. The average Bonchev–Trinajstić information content (AvgIpc) is 2.42. The summed E-state index contributed by atoms with van der Waals surface area (Å²) in [7, 11) is 0. The van der Waals surface area contributed by atoms with E-state index in [0.29, 0.717) is 0 Å². The molecule has 0 aliphatic rings. The predicted octanol–water partition coefficient (Wildman–Crippen LogP) is 3.09. The summed E-state index contributed by atoms with van der Waals surface area (Å²) < 4.78 is 57.0. The number of hydrogen-bond acceptors (Lipinski definition) is 3. The fraction of sp³-hybridized carbons (Fsp3) is 0.0769. The minimum absolute atomic E-state index is 0.0231. The van der Waals surface area contributed by atoms with Crippen molar-refractivity contribution in [2.75, 3.05) is 0 Å². The molecule has 1 aromatic heterocycles. The molecule has 20 heavy (non-hydrogen) atoms. The Kier molecular flexibility index (Phi) is 3.84. The number of nitriles is 1. The first-order chi connectivity index (χ1) is 9.51. The van der Waals surface area contributed by atoms with Gasteiger partial charge in [-0.1, -0.05) is 6.07 Å². The van der Waals surface area contributed by atoms with Gasteiger partial charge in [-0.3, -0.25) is 0 Å². The average molecular weight is 282 g/mol. The van der Waals surface area contributed by atoms with Crippen LogP contribution >= 0.6 is 0 Å². The van der Waals surface area contributed by atoms with Gasteiger partial charge in [0.15, 0.2) is 11.6 Å². The number of aromatic nitrogens is 1. The smallest absolute Gasteiger partial charge is 0.253 e. The lowest BCUT2D eigenvalue weighted by Crippen LogP contribution is -2.04. The number of pyridine rings is 1. The largest absolute Gasteiger partial charge is 0.471 e. The van der Waals surface area contributed by atoms with Gasteiger partial charge in [0, 0.05) is 11.6 Å². The molecule has 0 aliphatic heterocycles. The molecule has 0 atom stereocenters. The number of ether oxygens (including phenoxy) is 1. The van der Waals surface area contributed by atoms with E-state index < -0.39 is 35.9 Å². The molecule has 0 unspecified atom stereocenters. The molecule has 2 aromatic rings. The molecule has 0 bridgehead atoms. The van der Waals surface area contributed by atoms with E-state index in [9.17, 15) is 17.6 Å². The Bertz CT molecular complexity index is 698. The summed E-state index contributed by atoms with van der Waals surface area (Å²) in [5.74, 6) is -5.65. The molecule has 0 aliphatic carbocycles. The summed E-state index contributed by atoms with van der Waals surface area (Å²) >= 11 is 0. The molecule has 0 amide bonds. The van der Waals surface area contributed by atoms with Crippen LogP contribution in [0.15, 0.2) is 24.3 Å². The molecule has 0 saturated carbocycles. The van der Waals surface area contributed by atoms with Crippen molar-refractivity contribution >= 4 is 0 Å². The van der Waals surface area contributed by atoms with E-state index in [2.05, 4.69) is 4.98 Å². The van der Waals surface area contributed by atoms with Gasteiger partial charge in [0.05, 0.1) is 11.6 Å². The maximum atomic E-state index is 13.5. The first kappa shape index (κ1) is 13.8. The zero-order chi connectivity index (χ0) is 14.7. The molecule has 0 radical (unpaired) electrons. The van der Waals surface area contributed by atoms with Crippen LogP contribution in [0.3, 0.4) is 0 Å². The Hall–Kier alpha value is -2.62. The Morgan fingerprint density at radius 3 is 2.45 bits per heavy atom. The van der Waals surface area contributed by atoms with E-state index in [1.807, 2.05) is 0 Å². The minimum atomic E-state index is -1.51. The third-order valence-electron chi connectivity index (χ3n) is 2.40. The van der Waals surface area contributed by atoms with Gasteiger partial charge in [-0.05, 0) is 12.1 Å². The lowest BCUT2D eigenvalue weighted by molar-refractivity contribution is 0.264. The summed E-state index contributed by atoms with van der Waals surface area (Å²) in [5, 5.41) is 8.57. The third kappa shape index (κ3) is 2.85. The van der Waals surface area contributed by atoms with Gasteiger partial charge < -0.3 is 4.74 Å². The molecule has 0 N–H and O–H groups in total. The second-order valence-electron chi connectivity index (χ2n) is 3.75. The molecule has 1 heterocycles. The maximum absolute atomic E-state index is 13.5. The van der Waals surface area contributed by atoms with E-state index in [-0.39, 0.29) is 17.2 Å². The van der Waals surface area contributed by atoms with Crippen molar-refractivity contribution in [2.45, 2.75) is 6.61 Å². The number of halogens is 4. The monoisotopic (exact) mass is 282 g/mol. The van der Waals surface area contributed by atoms with Gasteiger partial charge in [0.2, 0.25) is 0 Å². The Balaban J connectivity index is 2.17. The van der Waals surface area contributed by atoms with Crippen LogP contribution in [0.5, 0.6) is 5.88 Å². The molecule has 1 aromatic carbocycles. The highest BCUT2D eigenvalue weighted by Crippen LogP contribution is 2.19. The van der Waals surface area contributed by atoms with Gasteiger partial charge in [-0.2, -0.15) is 14.6 Å². The highest BCUT2D eigenvalue weighted by molar-refractivity contribution is 5.32. The molecule has 0 spiro atoms. The lowest BCUT2D eigenvalue weighted by Gasteiger charge is -2.07. The van der Waals surface area contributed by atoms with Crippen LogP contribution < -0.4 is 4.74 Å². The molecular weight excluding hydrogens is 276 g/mol. The normalized spacial score (nSPS) is 10.2. The standard InChI is InChI=1S/C13H6F4N2O/c14-9-3-7(5-18)1-2-8(9)6-20-13-11(16)4-10(15)12(17)19-13/h1-4H,6H2. The lowest BCUT2D eigenvalue weighted by atomic mass is 10.1. The van der Waals surface area contributed by atoms with E-state index in [1.165, 1.54) is 12.1 Å². The number of nitrogens with zero attached hydrogens (tertiary/aromatic N) is 2. The quantitative estimate of drug-likeness (QED) is 0.642. The summed E-state index contributed by atoms with van der Waals surface area (Å²) in [5.41, 5.74) is 0.137. The van der Waals surface area contributed by atoms with Crippen molar-refractivity contribution in [3.63, 3.8) is 0 Å². The van der Waals surface area contributed by atoms with E-state index in [1.54, 1.807) is 6.07 Å². The number of benzene rings is 1. The Morgan fingerprint density at radius 1 is 1.05 bits per heavy atom. The van der Waals surface area contributed by atoms with Crippen LogP contribution in [0.2, 0.25) is 0 Å². The van der Waals surface area contributed by atoms with Crippen LogP contribution in [0, 0.1) is 34.7 Å². The van der Waals surface area contributed by atoms with Crippen molar-refractivity contribution in [3.8, 4) is 11.9 Å². The molecule has 0 saturated heterocycles. The summed E-state index contributed by atoms with van der Waals surface area (Å²) in [6.07, 6.45) is 0. The number of hydrogen-bond donors (Lipinski definition) is 0. The first-order valence-electron chi connectivity index (χ1n) is 5.34. The van der Waals surface area contributed by atoms with Crippen LogP contribution in [-0.2, 0) is 6.61 Å². The van der Waals surface area contributed by atoms with Crippen LogP contribution in [0.25, 0.3) is 0 Å². The zero-order valence-electron chi connectivity index (χ0n) is 9.83. The van der Waals surface area contributed by atoms with E-state index in [0.717, 1.165) is 6.07 Å². The highest BCUT2D eigenvalue weighted by Gasteiger charge is 2.13. The van der Waals surface area contributed by atoms with E-state index >= 15 is 0 Å². The van der Waals surface area contributed by atoms with Crippen molar-refractivity contribution in [1.82, 2.24) is 4.98 Å². The number of rotatable bonds is 3. The highest BCUT2D eigenvalue weighted by atomic mass is 19.2. The van der Waals surface area contributed by atoms with Crippen molar-refractivity contribution in [1.29, 1.82) is 5.26 Å². The van der Waals surface area contributed by atoms with Crippen molar-refractivity contribution < 1.29 is 22.3 Å². The molecule has 102 valence electrons. The van der Waals surface area contributed by atoms with E-state index in [4.69, 9.17) is 10.00 Å². The predicted molar refractivity (Wildman–Crippen MR) is 59.6 cm³/mol. The van der Waals surface area contributed by atoms with Gasteiger partial charge in [-0.15, -0.1) is 0 Å². The topological polar surface area (TPSA) is 45.9 Å². The Labute approximate surface area is 111 Å². The molecular formula is C13H6F4N2O. The molecule has 7 heteroatoms. The fourth-order valence-corrected chi connectivity index (χ4v) is 1.41. The first-order valence-corrected chi connectivity index (χ1v) is 5.34. The fourth-order valence-electron chi connectivity index (χ4n) is 1.41. The van der Waals surface area contributed by atoms with Crippen molar-refractivity contribution in [2.24, 2.45) is 0 Å². The Morgan fingerprint density at radius 2 is 1.80 bits per heavy atom. The summed E-state index contributed by atoms with van der Waals surface area (Å²) in [6.45, 7) is -0.438. The van der Waals surface area contributed by atoms with Crippen molar-refractivity contribution in [3.05, 3.63) is 58.8 Å². The maximum Gasteiger partial charge on any atom is 0.253 e. The van der Waals surface area contributed by atoms with Crippen LogP contribution in [0.1, 0.15) is 11.1 Å². The zero-order valence-corrected chi connectivity index (χ0v) is 9.83. The summed E-state index contributed by atoms with van der Waals surface area (Å²) in [4.78, 5) is 2.94. The molecule has 2 rings (SSSR count).